The van der Waals surface area contributed by atoms with Crippen molar-refractivity contribution < 1.29 is 4.74 Å². The van der Waals surface area contributed by atoms with Gasteiger partial charge in [-0.15, -0.1) is 0 Å². The van der Waals surface area contributed by atoms with Crippen LogP contribution in [0.25, 0.3) is 10.8 Å². The van der Waals surface area contributed by atoms with Gasteiger partial charge < -0.3 is 10.1 Å². The van der Waals surface area contributed by atoms with Gasteiger partial charge in [0.15, 0.2) is 0 Å². The highest BCUT2D eigenvalue weighted by atomic mass is 32.1. The summed E-state index contributed by atoms with van der Waals surface area (Å²) in [5.74, 6) is 0.885. The molecule has 0 aliphatic rings. The maximum absolute atomic E-state index is 5.19. The first-order valence-electron chi connectivity index (χ1n) is 5.17. The quantitative estimate of drug-likeness (QED) is 0.628. The average Bonchev–Trinajstić information content (AvgIpc) is 2.36. The Morgan fingerprint density at radius 1 is 1.12 bits per heavy atom. The number of fused-ring (bicyclic) bond motifs is 1. The molecule has 84 valence electrons. The minimum Gasteiger partial charge on any atom is -0.497 e. The molecule has 2 aromatic rings. The van der Waals surface area contributed by atoms with Crippen molar-refractivity contribution in [1.82, 2.24) is 5.32 Å². The predicted molar refractivity (Wildman–Crippen MR) is 71.3 cm³/mol. The van der Waals surface area contributed by atoms with E-state index in [1.165, 1.54) is 16.3 Å². The molecule has 3 heteroatoms. The number of hydrogen-bond acceptors (Lipinski definition) is 3. The first kappa shape index (κ1) is 11.3. The predicted octanol–water partition coefficient (Wildman–Crippen LogP) is 3.00. The summed E-state index contributed by atoms with van der Waals surface area (Å²) >= 11 is 4.45. The lowest BCUT2D eigenvalue weighted by molar-refractivity contribution is 0.415. The van der Waals surface area contributed by atoms with E-state index >= 15 is 0 Å². The summed E-state index contributed by atoms with van der Waals surface area (Å²) in [5, 5.41) is 5.57. The second-order valence-corrected chi connectivity index (χ2v) is 4.18. The van der Waals surface area contributed by atoms with Crippen molar-refractivity contribution in [2.45, 2.75) is 5.37 Å². The molecule has 1 atom stereocenters. The van der Waals surface area contributed by atoms with E-state index in [0.29, 0.717) is 0 Å². The molecular formula is C13H15NOS. The summed E-state index contributed by atoms with van der Waals surface area (Å²) in [7, 11) is 3.58. The monoisotopic (exact) mass is 233 g/mol. The fraction of sp³-hybridized carbons (Fsp3) is 0.231. The van der Waals surface area contributed by atoms with Gasteiger partial charge in [0.1, 0.15) is 5.75 Å². The lowest BCUT2D eigenvalue weighted by Crippen LogP contribution is -2.09. The van der Waals surface area contributed by atoms with Crippen molar-refractivity contribution in [1.29, 1.82) is 0 Å². The molecule has 2 nitrogen and oxygen atoms in total. The number of thiol groups is 1. The smallest absolute Gasteiger partial charge is 0.119 e. The summed E-state index contributed by atoms with van der Waals surface area (Å²) in [6.45, 7) is 0. The Labute approximate surface area is 101 Å². The molecule has 0 aliphatic carbocycles. The Bertz CT molecular complexity index is 498. The Morgan fingerprint density at radius 2 is 1.81 bits per heavy atom. The van der Waals surface area contributed by atoms with Crippen LogP contribution in [0.15, 0.2) is 36.4 Å². The molecule has 0 radical (unpaired) electrons. The van der Waals surface area contributed by atoms with E-state index in [9.17, 15) is 0 Å². The SMILES string of the molecule is CNC(S)c1ccc2cc(OC)ccc2c1. The third-order valence-electron chi connectivity index (χ3n) is 2.66. The molecule has 2 aromatic carbocycles. The zero-order valence-corrected chi connectivity index (χ0v) is 10.3. The van der Waals surface area contributed by atoms with Gasteiger partial charge in [0, 0.05) is 0 Å². The molecule has 1 N–H and O–H groups in total. The van der Waals surface area contributed by atoms with Gasteiger partial charge in [0.2, 0.25) is 0 Å². The Balaban J connectivity index is 2.47. The van der Waals surface area contributed by atoms with Crippen molar-refractivity contribution in [2.24, 2.45) is 0 Å². The molecule has 0 spiro atoms. The standard InChI is InChI=1S/C13H15NOS/c1-14-13(16)11-4-3-10-8-12(15-2)6-5-9(10)7-11/h3-8,13-14,16H,1-2H3. The maximum atomic E-state index is 5.19. The van der Waals surface area contributed by atoms with Gasteiger partial charge in [-0.1, -0.05) is 18.2 Å². The number of ether oxygens (including phenoxy) is 1. The van der Waals surface area contributed by atoms with Gasteiger partial charge >= 0.3 is 0 Å². The molecule has 2 rings (SSSR count). The van der Waals surface area contributed by atoms with Gasteiger partial charge in [-0.25, -0.2) is 0 Å². The topological polar surface area (TPSA) is 21.3 Å². The summed E-state index contributed by atoms with van der Waals surface area (Å²) in [6, 6.07) is 12.4. The first-order chi connectivity index (χ1) is 7.74. The number of benzene rings is 2. The van der Waals surface area contributed by atoms with E-state index in [1.807, 2.05) is 19.2 Å². The van der Waals surface area contributed by atoms with Crippen LogP contribution in [0.3, 0.4) is 0 Å². The van der Waals surface area contributed by atoms with Crippen LogP contribution in [0.2, 0.25) is 0 Å². The molecule has 0 aromatic heterocycles. The van der Waals surface area contributed by atoms with Crippen LogP contribution in [-0.4, -0.2) is 14.2 Å². The van der Waals surface area contributed by atoms with E-state index in [2.05, 4.69) is 42.2 Å². The maximum Gasteiger partial charge on any atom is 0.119 e. The van der Waals surface area contributed by atoms with Crippen LogP contribution in [0.5, 0.6) is 5.75 Å². The van der Waals surface area contributed by atoms with Gasteiger partial charge in [-0.2, -0.15) is 12.6 Å². The summed E-state index contributed by atoms with van der Waals surface area (Å²) in [4.78, 5) is 0. The zero-order chi connectivity index (χ0) is 11.5. The number of rotatable bonds is 3. The highest BCUT2D eigenvalue weighted by molar-refractivity contribution is 7.80. The highest BCUT2D eigenvalue weighted by Crippen LogP contribution is 2.25. The molecule has 0 fully saturated rings. The van der Waals surface area contributed by atoms with Gasteiger partial charge in [-0.05, 0) is 41.6 Å². The largest absolute Gasteiger partial charge is 0.497 e. The van der Waals surface area contributed by atoms with Crippen molar-refractivity contribution in [2.75, 3.05) is 14.2 Å². The third-order valence-corrected chi connectivity index (χ3v) is 3.22. The molecule has 0 aliphatic heterocycles. The second kappa shape index (κ2) is 4.76. The molecule has 0 heterocycles. The zero-order valence-electron chi connectivity index (χ0n) is 9.40. The van der Waals surface area contributed by atoms with Crippen molar-refractivity contribution in [3.8, 4) is 5.75 Å². The lowest BCUT2D eigenvalue weighted by Gasteiger charge is -2.11. The van der Waals surface area contributed by atoms with Crippen LogP contribution >= 0.6 is 12.6 Å². The van der Waals surface area contributed by atoms with Gasteiger partial charge in [-0.3, -0.25) is 0 Å². The number of methoxy groups -OCH3 is 1. The van der Waals surface area contributed by atoms with E-state index in [-0.39, 0.29) is 5.37 Å². The fourth-order valence-corrected chi connectivity index (χ4v) is 1.87. The van der Waals surface area contributed by atoms with E-state index in [0.717, 1.165) is 5.75 Å². The van der Waals surface area contributed by atoms with Crippen molar-refractivity contribution in [3.05, 3.63) is 42.0 Å². The molecule has 0 amide bonds. The first-order valence-corrected chi connectivity index (χ1v) is 5.69. The summed E-state index contributed by atoms with van der Waals surface area (Å²) < 4.78 is 5.19. The van der Waals surface area contributed by atoms with Crippen LogP contribution in [0.1, 0.15) is 10.9 Å². The van der Waals surface area contributed by atoms with Crippen molar-refractivity contribution in [3.63, 3.8) is 0 Å². The lowest BCUT2D eigenvalue weighted by atomic mass is 10.1. The molecule has 0 saturated heterocycles. The van der Waals surface area contributed by atoms with E-state index in [4.69, 9.17) is 4.74 Å². The Kier molecular flexibility index (Phi) is 3.36. The molecule has 0 saturated carbocycles. The van der Waals surface area contributed by atoms with E-state index in [1.54, 1.807) is 7.11 Å². The van der Waals surface area contributed by atoms with Crippen LogP contribution in [0.4, 0.5) is 0 Å². The minimum absolute atomic E-state index is 0.0755. The Morgan fingerprint density at radius 3 is 2.50 bits per heavy atom. The highest BCUT2D eigenvalue weighted by Gasteiger charge is 2.04. The van der Waals surface area contributed by atoms with Crippen molar-refractivity contribution >= 4 is 23.4 Å². The van der Waals surface area contributed by atoms with Crippen LogP contribution < -0.4 is 10.1 Å². The van der Waals surface area contributed by atoms with Gasteiger partial charge in [0.05, 0.1) is 12.5 Å². The minimum atomic E-state index is 0.0755. The molecular weight excluding hydrogens is 218 g/mol. The number of nitrogens with one attached hydrogen (secondary N) is 1. The van der Waals surface area contributed by atoms with E-state index < -0.39 is 0 Å². The second-order valence-electron chi connectivity index (χ2n) is 3.66. The fourth-order valence-electron chi connectivity index (χ4n) is 1.71. The molecule has 16 heavy (non-hydrogen) atoms. The van der Waals surface area contributed by atoms with Crippen LogP contribution in [0, 0.1) is 0 Å². The summed E-state index contributed by atoms with van der Waals surface area (Å²) in [6.07, 6.45) is 0. The van der Waals surface area contributed by atoms with Crippen LogP contribution in [-0.2, 0) is 0 Å². The average molecular weight is 233 g/mol. The third kappa shape index (κ3) is 2.15. The molecule has 1 unspecified atom stereocenters. The molecule has 0 bridgehead atoms. The summed E-state index contributed by atoms with van der Waals surface area (Å²) in [5.41, 5.74) is 1.17. The normalized spacial score (nSPS) is 12.7. The number of hydrogen-bond donors (Lipinski definition) is 2. The Hall–Kier alpha value is -1.19. The van der Waals surface area contributed by atoms with Gasteiger partial charge in [0.25, 0.3) is 0 Å².